The van der Waals surface area contributed by atoms with Gasteiger partial charge in [0, 0.05) is 50.1 Å². The summed E-state index contributed by atoms with van der Waals surface area (Å²) in [5.41, 5.74) is -0.690. The fourth-order valence-electron chi connectivity index (χ4n) is 4.35. The van der Waals surface area contributed by atoms with Crippen molar-refractivity contribution >= 4 is 23.7 Å². The molecule has 8 heteroatoms. The lowest BCUT2D eigenvalue weighted by Gasteiger charge is -2.27. The van der Waals surface area contributed by atoms with Gasteiger partial charge < -0.3 is 20.6 Å². The number of β-amino-alcohol motifs (C(OH)–C–C–N with tert-alkyl or cyclic N) is 1. The van der Waals surface area contributed by atoms with Gasteiger partial charge in [-0.25, -0.2) is 4.79 Å². The summed E-state index contributed by atoms with van der Waals surface area (Å²) in [5.74, 6) is 1.25. The second-order valence-corrected chi connectivity index (χ2v) is 9.96. The van der Waals surface area contributed by atoms with E-state index in [1.54, 1.807) is 0 Å². The van der Waals surface area contributed by atoms with Gasteiger partial charge in [0.1, 0.15) is 0 Å². The molecule has 154 valence electrons. The summed E-state index contributed by atoms with van der Waals surface area (Å²) in [5, 5.41) is 16.5. The van der Waals surface area contributed by atoms with Crippen LogP contribution in [0.1, 0.15) is 46.0 Å². The first-order chi connectivity index (χ1) is 12.8. The van der Waals surface area contributed by atoms with E-state index in [1.807, 2.05) is 30.5 Å². The number of carbonyl (C=O) groups excluding carboxylic acids is 2. The molecule has 0 aromatic carbocycles. The Hall–Kier alpha value is -0.990. The lowest BCUT2D eigenvalue weighted by atomic mass is 10.0. The maximum absolute atomic E-state index is 12.6. The van der Waals surface area contributed by atoms with Crippen LogP contribution in [-0.2, 0) is 4.79 Å². The van der Waals surface area contributed by atoms with E-state index in [0.717, 1.165) is 57.6 Å². The zero-order valence-corrected chi connectivity index (χ0v) is 17.4. The highest BCUT2D eigenvalue weighted by Crippen LogP contribution is 2.33. The van der Waals surface area contributed by atoms with Crippen LogP contribution >= 0.6 is 11.8 Å². The van der Waals surface area contributed by atoms with Gasteiger partial charge in [-0.05, 0) is 33.1 Å². The zero-order chi connectivity index (χ0) is 19.4. The number of urea groups is 1. The average Bonchev–Trinajstić information content (AvgIpc) is 3.02. The van der Waals surface area contributed by atoms with E-state index < -0.39 is 5.60 Å². The van der Waals surface area contributed by atoms with Gasteiger partial charge in [-0.2, -0.15) is 11.8 Å². The Kier molecular flexibility index (Phi) is 6.92. The summed E-state index contributed by atoms with van der Waals surface area (Å²) >= 11 is 1.93. The molecule has 0 bridgehead atoms. The van der Waals surface area contributed by atoms with Crippen LogP contribution in [0.5, 0.6) is 0 Å². The molecule has 3 aliphatic rings. The molecule has 0 spiro atoms. The fourth-order valence-corrected chi connectivity index (χ4v) is 5.89. The number of nitrogens with zero attached hydrogens (tertiary/aromatic N) is 2. The van der Waals surface area contributed by atoms with Crippen molar-refractivity contribution < 1.29 is 14.7 Å². The Bertz CT molecular complexity index is 540. The van der Waals surface area contributed by atoms with Crippen LogP contribution in [0.25, 0.3) is 0 Å². The Morgan fingerprint density at radius 2 is 2.04 bits per heavy atom. The normalized spacial score (nSPS) is 29.2. The maximum atomic E-state index is 12.6. The number of nitrogens with one attached hydrogen (secondary N) is 2. The third-order valence-corrected chi connectivity index (χ3v) is 7.13. The first-order valence-corrected chi connectivity index (χ1v) is 11.3. The van der Waals surface area contributed by atoms with Gasteiger partial charge in [0.15, 0.2) is 0 Å². The van der Waals surface area contributed by atoms with E-state index in [2.05, 4.69) is 15.5 Å². The summed E-state index contributed by atoms with van der Waals surface area (Å²) in [7, 11) is 0. The molecule has 3 heterocycles. The second kappa shape index (κ2) is 9.01. The molecule has 3 rings (SSSR count). The first-order valence-electron chi connectivity index (χ1n) is 10.2. The summed E-state index contributed by atoms with van der Waals surface area (Å²) in [6, 6.07) is 0.494. The van der Waals surface area contributed by atoms with E-state index in [9.17, 15) is 14.7 Å². The molecule has 0 radical (unpaired) electrons. The Balaban J connectivity index is 1.33. The van der Waals surface area contributed by atoms with Crippen LogP contribution in [-0.4, -0.2) is 88.3 Å². The number of unbranched alkanes of at least 4 members (excludes halogenated alkanes) is 1. The van der Waals surface area contributed by atoms with Crippen LogP contribution in [0.3, 0.4) is 0 Å². The first kappa shape index (κ1) is 20.7. The molecular weight excluding hydrogens is 364 g/mol. The molecule has 0 aromatic rings. The molecule has 3 fully saturated rings. The van der Waals surface area contributed by atoms with Gasteiger partial charge >= 0.3 is 6.03 Å². The quantitative estimate of drug-likeness (QED) is 0.440. The molecule has 3 atom stereocenters. The van der Waals surface area contributed by atoms with Gasteiger partial charge in [-0.1, -0.05) is 6.42 Å². The number of rotatable bonds is 7. The van der Waals surface area contributed by atoms with Crippen LogP contribution in [0, 0.1) is 0 Å². The van der Waals surface area contributed by atoms with Gasteiger partial charge in [-0.15, -0.1) is 0 Å². The van der Waals surface area contributed by atoms with Gasteiger partial charge in [-0.3, -0.25) is 9.69 Å². The van der Waals surface area contributed by atoms with Gasteiger partial charge in [0.05, 0.1) is 17.7 Å². The van der Waals surface area contributed by atoms with Crippen LogP contribution in [0.15, 0.2) is 0 Å². The van der Waals surface area contributed by atoms with E-state index in [-0.39, 0.29) is 24.0 Å². The lowest BCUT2D eigenvalue weighted by molar-refractivity contribution is -0.131. The largest absolute Gasteiger partial charge is 0.389 e. The number of hydrogen-bond acceptors (Lipinski definition) is 5. The predicted molar refractivity (Wildman–Crippen MR) is 108 cm³/mol. The Morgan fingerprint density at radius 1 is 1.22 bits per heavy atom. The predicted octanol–water partition coefficient (Wildman–Crippen LogP) is 1.02. The highest BCUT2D eigenvalue weighted by atomic mass is 32.2. The molecular formula is C19H34N4O3S. The van der Waals surface area contributed by atoms with Crippen molar-refractivity contribution in [2.24, 2.45) is 0 Å². The molecule has 0 aromatic heterocycles. The number of hydrogen-bond donors (Lipinski definition) is 3. The smallest absolute Gasteiger partial charge is 0.315 e. The number of aliphatic hydroxyl groups is 1. The third-order valence-electron chi connectivity index (χ3n) is 5.62. The minimum absolute atomic E-state index is 0.0368. The maximum Gasteiger partial charge on any atom is 0.315 e. The monoisotopic (exact) mass is 398 g/mol. The fraction of sp³-hybridized carbons (Fsp3) is 0.895. The van der Waals surface area contributed by atoms with Crippen molar-refractivity contribution in [1.29, 1.82) is 0 Å². The number of amides is 3. The van der Waals surface area contributed by atoms with Crippen LogP contribution < -0.4 is 10.6 Å². The summed E-state index contributed by atoms with van der Waals surface area (Å²) < 4.78 is 0. The standard InChI is InChI=1S/C19H34N4O3S/c1-19(2,26)13-22-8-5-9-23(11-10-22)16(24)7-4-3-6-15-17-14(12-27-15)20-18(25)21-17/h14-15,17,26H,3-13H2,1-2H3,(H2,20,21,25)/t14-,15-,17-/m0/s1. The molecule has 0 unspecified atom stereocenters. The molecule has 0 aliphatic carbocycles. The average molecular weight is 399 g/mol. The third kappa shape index (κ3) is 5.99. The highest BCUT2D eigenvalue weighted by molar-refractivity contribution is 8.00. The highest BCUT2D eigenvalue weighted by Gasteiger charge is 2.42. The van der Waals surface area contributed by atoms with E-state index >= 15 is 0 Å². The van der Waals surface area contributed by atoms with Crippen LogP contribution in [0.2, 0.25) is 0 Å². The Morgan fingerprint density at radius 3 is 2.81 bits per heavy atom. The molecule has 3 amide bonds. The van der Waals surface area contributed by atoms with E-state index in [4.69, 9.17) is 0 Å². The molecule has 7 nitrogen and oxygen atoms in total. The Labute approximate surface area is 166 Å². The van der Waals surface area contributed by atoms with E-state index in [0.29, 0.717) is 18.2 Å². The number of thioether (sulfide) groups is 1. The van der Waals surface area contributed by atoms with E-state index in [1.165, 1.54) is 0 Å². The van der Waals surface area contributed by atoms with Crippen molar-refractivity contribution in [1.82, 2.24) is 20.4 Å². The zero-order valence-electron chi connectivity index (χ0n) is 16.6. The molecule has 27 heavy (non-hydrogen) atoms. The second-order valence-electron chi connectivity index (χ2n) is 8.69. The van der Waals surface area contributed by atoms with Crippen LogP contribution in [0.4, 0.5) is 4.79 Å². The van der Waals surface area contributed by atoms with Gasteiger partial charge in [0.25, 0.3) is 0 Å². The van der Waals surface area contributed by atoms with Crippen molar-refractivity contribution in [3.63, 3.8) is 0 Å². The summed E-state index contributed by atoms with van der Waals surface area (Å²) in [6.07, 6.45) is 4.58. The van der Waals surface area contributed by atoms with Crippen molar-refractivity contribution in [3.05, 3.63) is 0 Å². The van der Waals surface area contributed by atoms with Gasteiger partial charge in [0.2, 0.25) is 5.91 Å². The topological polar surface area (TPSA) is 84.9 Å². The minimum Gasteiger partial charge on any atom is -0.389 e. The van der Waals surface area contributed by atoms with Crippen molar-refractivity contribution in [2.45, 2.75) is 68.9 Å². The van der Waals surface area contributed by atoms with Crippen molar-refractivity contribution in [2.75, 3.05) is 38.5 Å². The minimum atomic E-state index is -0.690. The molecule has 3 saturated heterocycles. The lowest BCUT2D eigenvalue weighted by Crippen LogP contribution is -2.41. The van der Waals surface area contributed by atoms with Crippen molar-refractivity contribution in [3.8, 4) is 0 Å². The molecule has 0 saturated carbocycles. The summed E-state index contributed by atoms with van der Waals surface area (Å²) in [6.45, 7) is 7.67. The molecule has 3 N–H and O–H groups in total. The number of carbonyl (C=O) groups is 2. The SMILES string of the molecule is CC(C)(O)CN1CCCN(C(=O)CCCC[C@@H]2SC[C@@H]3NC(=O)N[C@@H]32)CC1. The molecule has 3 aliphatic heterocycles. The summed E-state index contributed by atoms with van der Waals surface area (Å²) in [4.78, 5) is 28.2. The number of fused-ring (bicyclic) bond motifs is 1.